The molecule has 0 radical (unpaired) electrons. The molecule has 2 amide bonds. The Hall–Kier alpha value is -3.56. The predicted molar refractivity (Wildman–Crippen MR) is 163 cm³/mol. The number of nitrogens with zero attached hydrogens (tertiary/aromatic N) is 2. The number of methoxy groups -OCH3 is 1. The van der Waals surface area contributed by atoms with Crippen LogP contribution >= 0.6 is 11.6 Å². The highest BCUT2D eigenvalue weighted by molar-refractivity contribution is 7.92. The highest BCUT2D eigenvalue weighted by Crippen LogP contribution is 2.26. The SMILES string of the molecule is CCCCNC(=O)[C@H](CC)N(Cc1ccc(OC)cc1)C(=O)CN(c1ccc(Cl)cc1)S(=O)(=O)c1ccc(C)cc1. The van der Waals surface area contributed by atoms with Crippen LogP contribution in [0, 0.1) is 6.92 Å². The molecule has 0 aliphatic carbocycles. The number of aryl methyl sites for hydroxylation is 1. The number of hydrogen-bond donors (Lipinski definition) is 1. The highest BCUT2D eigenvalue weighted by Gasteiger charge is 2.33. The number of ether oxygens (including phenoxy) is 1. The fourth-order valence-corrected chi connectivity index (χ4v) is 5.87. The van der Waals surface area contributed by atoms with Crippen molar-refractivity contribution in [1.82, 2.24) is 10.2 Å². The molecule has 3 aromatic carbocycles. The van der Waals surface area contributed by atoms with E-state index in [4.69, 9.17) is 16.3 Å². The van der Waals surface area contributed by atoms with Gasteiger partial charge in [0.05, 0.1) is 17.7 Å². The summed E-state index contributed by atoms with van der Waals surface area (Å²) in [6, 6.07) is 19.1. The van der Waals surface area contributed by atoms with Crippen LogP contribution in [0.2, 0.25) is 5.02 Å². The standard InChI is InChI=1S/C31H38ClN3O5S/c1-5-7-20-33-31(37)29(6-2)34(21-24-10-16-27(40-4)17-11-24)30(36)22-35(26-14-12-25(32)13-15-26)41(38,39)28-18-8-23(3)9-19-28/h8-19,29H,5-7,20-22H2,1-4H3,(H,33,37)/t29-/m0/s1. The van der Waals surface area contributed by atoms with Crippen LogP contribution in [0.4, 0.5) is 5.69 Å². The van der Waals surface area contributed by atoms with Gasteiger partial charge in [0, 0.05) is 18.1 Å². The summed E-state index contributed by atoms with van der Waals surface area (Å²) in [5.74, 6) is -0.125. The van der Waals surface area contributed by atoms with E-state index in [1.54, 1.807) is 55.6 Å². The van der Waals surface area contributed by atoms with Gasteiger partial charge in [-0.2, -0.15) is 0 Å². The lowest BCUT2D eigenvalue weighted by atomic mass is 10.1. The first-order valence-electron chi connectivity index (χ1n) is 13.7. The van der Waals surface area contributed by atoms with Gasteiger partial charge in [-0.3, -0.25) is 13.9 Å². The van der Waals surface area contributed by atoms with Crippen molar-refractivity contribution >= 4 is 39.1 Å². The Balaban J connectivity index is 2.02. The zero-order chi connectivity index (χ0) is 30.0. The molecule has 1 N–H and O–H groups in total. The van der Waals surface area contributed by atoms with Crippen molar-refractivity contribution in [2.24, 2.45) is 0 Å². The maximum Gasteiger partial charge on any atom is 0.264 e. The van der Waals surface area contributed by atoms with E-state index in [0.717, 1.165) is 28.3 Å². The lowest BCUT2D eigenvalue weighted by molar-refractivity contribution is -0.140. The smallest absolute Gasteiger partial charge is 0.264 e. The number of halogens is 1. The fraction of sp³-hybridized carbons (Fsp3) is 0.355. The summed E-state index contributed by atoms with van der Waals surface area (Å²) in [6.45, 7) is 5.83. The zero-order valence-corrected chi connectivity index (χ0v) is 25.5. The Kier molecular flexibility index (Phi) is 11.6. The third-order valence-electron chi connectivity index (χ3n) is 6.73. The molecular weight excluding hydrogens is 562 g/mol. The van der Waals surface area contributed by atoms with Crippen molar-refractivity contribution in [3.63, 3.8) is 0 Å². The number of nitrogens with one attached hydrogen (secondary N) is 1. The van der Waals surface area contributed by atoms with E-state index in [2.05, 4.69) is 5.32 Å². The van der Waals surface area contributed by atoms with Crippen molar-refractivity contribution in [3.8, 4) is 5.75 Å². The largest absolute Gasteiger partial charge is 0.497 e. The molecule has 0 bridgehead atoms. The first-order chi connectivity index (χ1) is 19.6. The average molecular weight is 600 g/mol. The Morgan fingerprint density at radius 3 is 2.15 bits per heavy atom. The van der Waals surface area contributed by atoms with E-state index in [0.29, 0.717) is 23.7 Å². The third kappa shape index (κ3) is 8.47. The summed E-state index contributed by atoms with van der Waals surface area (Å²) < 4.78 is 34.1. The van der Waals surface area contributed by atoms with Crippen LogP contribution in [-0.2, 0) is 26.2 Å². The predicted octanol–water partition coefficient (Wildman–Crippen LogP) is 5.58. The number of anilines is 1. The highest BCUT2D eigenvalue weighted by atomic mass is 35.5. The molecule has 3 rings (SSSR count). The molecule has 0 fully saturated rings. The van der Waals surface area contributed by atoms with Crippen LogP contribution in [0.5, 0.6) is 5.75 Å². The van der Waals surface area contributed by atoms with Crippen LogP contribution in [-0.4, -0.2) is 51.4 Å². The Labute approximate surface area is 248 Å². The monoisotopic (exact) mass is 599 g/mol. The van der Waals surface area contributed by atoms with Crippen molar-refractivity contribution in [2.45, 2.75) is 57.5 Å². The van der Waals surface area contributed by atoms with Crippen LogP contribution in [0.25, 0.3) is 0 Å². The second kappa shape index (κ2) is 14.9. The van der Waals surface area contributed by atoms with Gasteiger partial charge in [-0.25, -0.2) is 8.42 Å². The van der Waals surface area contributed by atoms with Crippen molar-refractivity contribution in [3.05, 3.63) is 88.9 Å². The molecule has 10 heteroatoms. The number of carbonyl (C=O) groups excluding carboxylic acids is 2. The minimum atomic E-state index is -4.14. The first kappa shape index (κ1) is 32.0. The van der Waals surface area contributed by atoms with E-state index < -0.39 is 28.5 Å². The lowest BCUT2D eigenvalue weighted by Crippen LogP contribution is -2.52. The zero-order valence-electron chi connectivity index (χ0n) is 24.0. The molecule has 8 nitrogen and oxygen atoms in total. The van der Waals surface area contributed by atoms with Gasteiger partial charge in [-0.1, -0.05) is 61.7 Å². The molecule has 0 aliphatic rings. The molecule has 220 valence electrons. The normalized spacial score (nSPS) is 11.9. The Morgan fingerprint density at radius 2 is 1.59 bits per heavy atom. The summed E-state index contributed by atoms with van der Waals surface area (Å²) in [6.07, 6.45) is 2.08. The molecule has 41 heavy (non-hydrogen) atoms. The average Bonchev–Trinajstić information content (AvgIpc) is 2.97. The number of amides is 2. The molecule has 0 aliphatic heterocycles. The summed E-state index contributed by atoms with van der Waals surface area (Å²) in [4.78, 5) is 28.8. The summed E-state index contributed by atoms with van der Waals surface area (Å²) in [7, 11) is -2.57. The Morgan fingerprint density at radius 1 is 0.951 bits per heavy atom. The van der Waals surface area contributed by atoms with Crippen LogP contribution in [0.3, 0.4) is 0 Å². The minimum absolute atomic E-state index is 0.0527. The molecule has 0 spiro atoms. The lowest BCUT2D eigenvalue weighted by Gasteiger charge is -2.33. The van der Waals surface area contributed by atoms with Gasteiger partial charge < -0.3 is 15.0 Å². The number of rotatable bonds is 14. The van der Waals surface area contributed by atoms with Gasteiger partial charge in [0.2, 0.25) is 11.8 Å². The molecule has 0 unspecified atom stereocenters. The molecule has 1 atom stereocenters. The number of hydrogen-bond acceptors (Lipinski definition) is 5. The van der Waals surface area contributed by atoms with Crippen LogP contribution < -0.4 is 14.4 Å². The molecule has 0 saturated carbocycles. The second-order valence-electron chi connectivity index (χ2n) is 9.74. The number of sulfonamides is 1. The maximum atomic E-state index is 14.1. The van der Waals surface area contributed by atoms with E-state index in [9.17, 15) is 18.0 Å². The van der Waals surface area contributed by atoms with E-state index in [1.807, 2.05) is 32.9 Å². The Bertz CT molecular complexity index is 1400. The van der Waals surface area contributed by atoms with Crippen molar-refractivity contribution < 1.29 is 22.7 Å². The fourth-order valence-electron chi connectivity index (χ4n) is 4.33. The molecule has 0 saturated heterocycles. The number of benzene rings is 3. The first-order valence-corrected chi connectivity index (χ1v) is 15.5. The summed E-state index contributed by atoms with van der Waals surface area (Å²) in [5.41, 5.74) is 1.97. The molecular formula is C31H38ClN3O5S. The molecule has 0 aromatic heterocycles. The second-order valence-corrected chi connectivity index (χ2v) is 12.0. The van der Waals surface area contributed by atoms with Gasteiger partial charge in [-0.15, -0.1) is 0 Å². The van der Waals surface area contributed by atoms with Gasteiger partial charge >= 0.3 is 0 Å². The number of unbranched alkanes of at least 4 members (excludes halogenated alkanes) is 1. The van der Waals surface area contributed by atoms with E-state index in [1.165, 1.54) is 17.0 Å². The third-order valence-corrected chi connectivity index (χ3v) is 8.77. The number of carbonyl (C=O) groups is 2. The van der Waals surface area contributed by atoms with Crippen molar-refractivity contribution in [2.75, 3.05) is 24.5 Å². The molecule has 0 heterocycles. The topological polar surface area (TPSA) is 96.0 Å². The van der Waals surface area contributed by atoms with Gasteiger partial charge in [0.25, 0.3) is 10.0 Å². The van der Waals surface area contributed by atoms with E-state index in [-0.39, 0.29) is 23.0 Å². The van der Waals surface area contributed by atoms with Crippen molar-refractivity contribution in [1.29, 1.82) is 0 Å². The van der Waals surface area contributed by atoms with Gasteiger partial charge in [-0.05, 0) is 73.9 Å². The summed E-state index contributed by atoms with van der Waals surface area (Å²) >= 11 is 6.08. The van der Waals surface area contributed by atoms with E-state index >= 15 is 0 Å². The summed E-state index contributed by atoms with van der Waals surface area (Å²) in [5, 5.41) is 3.36. The maximum absolute atomic E-state index is 14.1. The molecule has 3 aromatic rings. The van der Waals surface area contributed by atoms with Crippen LogP contribution in [0.1, 0.15) is 44.2 Å². The minimum Gasteiger partial charge on any atom is -0.497 e. The van der Waals surface area contributed by atoms with Gasteiger partial charge in [0.15, 0.2) is 0 Å². The van der Waals surface area contributed by atoms with Gasteiger partial charge in [0.1, 0.15) is 18.3 Å². The quantitative estimate of drug-likeness (QED) is 0.244. The van der Waals surface area contributed by atoms with Crippen LogP contribution in [0.15, 0.2) is 77.7 Å².